The number of rotatable bonds is 5. The fraction of sp³-hybridized carbons (Fsp3) is 0.429. The molecule has 0 bridgehead atoms. The number of hydrogen-bond acceptors (Lipinski definition) is 3. The smallest absolute Gasteiger partial charge is 0.380 e. The van der Waals surface area contributed by atoms with Gasteiger partial charge in [-0.05, 0) is 24.0 Å². The molecule has 0 N–H and O–H groups in total. The van der Waals surface area contributed by atoms with E-state index in [0.717, 1.165) is 0 Å². The topological polar surface area (TPSA) is 43.4 Å². The molecule has 3 nitrogen and oxygen atoms in total. The Balaban J connectivity index is 3.25. The molecule has 118 valence electrons. The molecule has 0 aliphatic carbocycles. The fourth-order valence-corrected chi connectivity index (χ4v) is 2.20. The summed E-state index contributed by atoms with van der Waals surface area (Å²) in [5.74, 6) is -0.240. The zero-order valence-electron chi connectivity index (χ0n) is 11.9. The molecule has 0 radical (unpaired) electrons. The zero-order chi connectivity index (χ0) is 16.3. The van der Waals surface area contributed by atoms with Gasteiger partial charge in [-0.25, -0.2) is 0 Å². The molecular weight excluding hydrogens is 305 g/mol. The molecule has 0 saturated heterocycles. The maximum absolute atomic E-state index is 12.5. The van der Waals surface area contributed by atoms with Crippen LogP contribution in [0.1, 0.15) is 32.8 Å². The van der Waals surface area contributed by atoms with E-state index in [0.29, 0.717) is 11.1 Å². The summed E-state index contributed by atoms with van der Waals surface area (Å²) >= 11 is 0. The van der Waals surface area contributed by atoms with Crippen LogP contribution < -0.4 is 0 Å². The number of alkyl halides is 3. The summed E-state index contributed by atoms with van der Waals surface area (Å²) < 4.78 is 64.1. The summed E-state index contributed by atoms with van der Waals surface area (Å²) in [6.45, 7) is 5.07. The summed E-state index contributed by atoms with van der Waals surface area (Å²) in [6, 6.07) is 8.54. The van der Waals surface area contributed by atoms with E-state index in [-0.39, 0.29) is 18.1 Å². The van der Waals surface area contributed by atoms with Crippen molar-refractivity contribution in [3.05, 3.63) is 41.7 Å². The lowest BCUT2D eigenvalue weighted by Gasteiger charge is -2.17. The van der Waals surface area contributed by atoms with Crippen LogP contribution in [-0.4, -0.2) is 13.9 Å². The molecule has 21 heavy (non-hydrogen) atoms. The lowest BCUT2D eigenvalue weighted by atomic mass is 10.0. The third-order valence-corrected chi connectivity index (χ3v) is 3.70. The minimum atomic E-state index is -5.65. The molecule has 0 amide bonds. The first kappa shape index (κ1) is 17.6. The van der Waals surface area contributed by atoms with Gasteiger partial charge in [-0.3, -0.25) is 0 Å². The molecule has 0 heterocycles. The van der Waals surface area contributed by atoms with Crippen molar-refractivity contribution in [3.8, 4) is 0 Å². The van der Waals surface area contributed by atoms with Crippen molar-refractivity contribution < 1.29 is 25.8 Å². The largest absolute Gasteiger partial charge is 0.534 e. The summed E-state index contributed by atoms with van der Waals surface area (Å²) in [5.41, 5.74) is -4.45. The highest BCUT2D eigenvalue weighted by Crippen LogP contribution is 2.31. The molecule has 0 aliphatic heterocycles. The van der Waals surface area contributed by atoms with Crippen LogP contribution in [0.15, 0.2) is 36.1 Å². The predicted molar refractivity (Wildman–Crippen MR) is 74.6 cm³/mol. The molecule has 0 atom stereocenters. The molecule has 7 heteroatoms. The van der Waals surface area contributed by atoms with E-state index in [2.05, 4.69) is 4.18 Å². The Morgan fingerprint density at radius 2 is 1.71 bits per heavy atom. The van der Waals surface area contributed by atoms with Crippen LogP contribution in [0.5, 0.6) is 0 Å². The minimum Gasteiger partial charge on any atom is -0.380 e. The molecule has 0 fully saturated rings. The SMILES string of the molecule is C/C(=C(/CC(C)C)OS(=O)(=O)C(F)(F)F)c1ccccc1. The maximum Gasteiger partial charge on any atom is 0.534 e. The average molecular weight is 322 g/mol. The van der Waals surface area contributed by atoms with Gasteiger partial charge < -0.3 is 4.18 Å². The normalized spacial score (nSPS) is 14.0. The predicted octanol–water partition coefficient (Wildman–Crippen LogP) is 4.33. The van der Waals surface area contributed by atoms with Crippen LogP contribution in [-0.2, 0) is 14.3 Å². The maximum atomic E-state index is 12.5. The van der Waals surface area contributed by atoms with Gasteiger partial charge >= 0.3 is 15.6 Å². The first-order valence-corrected chi connectivity index (χ1v) is 7.71. The van der Waals surface area contributed by atoms with E-state index in [1.165, 1.54) is 0 Å². The van der Waals surface area contributed by atoms with E-state index < -0.39 is 15.6 Å². The molecule has 0 saturated carbocycles. The molecule has 1 aromatic rings. The summed E-state index contributed by atoms with van der Waals surface area (Å²) in [5, 5.41) is 0. The van der Waals surface area contributed by atoms with Gasteiger partial charge in [0.2, 0.25) is 0 Å². The quantitative estimate of drug-likeness (QED) is 0.460. The third kappa shape index (κ3) is 4.77. The van der Waals surface area contributed by atoms with Gasteiger partial charge in [0.1, 0.15) is 5.76 Å². The van der Waals surface area contributed by atoms with Gasteiger partial charge in [0, 0.05) is 6.42 Å². The van der Waals surface area contributed by atoms with Crippen molar-refractivity contribution in [1.29, 1.82) is 0 Å². The lowest BCUT2D eigenvalue weighted by molar-refractivity contribution is -0.0523. The van der Waals surface area contributed by atoms with Gasteiger partial charge in [0.25, 0.3) is 0 Å². The van der Waals surface area contributed by atoms with Crippen LogP contribution in [0.25, 0.3) is 5.57 Å². The van der Waals surface area contributed by atoms with Crippen LogP contribution in [0.2, 0.25) is 0 Å². The van der Waals surface area contributed by atoms with Crippen molar-refractivity contribution >= 4 is 15.7 Å². The van der Waals surface area contributed by atoms with Crippen LogP contribution >= 0.6 is 0 Å². The minimum absolute atomic E-state index is 0.0536. The second-order valence-corrected chi connectivity index (χ2v) is 6.53. The molecule has 1 rings (SSSR count). The highest BCUT2D eigenvalue weighted by Gasteiger charge is 2.49. The van der Waals surface area contributed by atoms with Gasteiger partial charge in [-0.2, -0.15) is 21.6 Å². The fourth-order valence-electron chi connectivity index (χ4n) is 1.65. The van der Waals surface area contributed by atoms with Crippen molar-refractivity contribution in [3.63, 3.8) is 0 Å². The molecule has 0 aromatic heterocycles. The Morgan fingerprint density at radius 1 is 1.19 bits per heavy atom. The summed E-state index contributed by atoms with van der Waals surface area (Å²) in [4.78, 5) is 0. The van der Waals surface area contributed by atoms with Gasteiger partial charge in [0.05, 0.1) is 0 Å². The Labute approximate surface area is 122 Å². The number of hydrogen-bond donors (Lipinski definition) is 0. The Kier molecular flexibility index (Phi) is 5.44. The molecule has 0 aliphatic rings. The molecule has 0 spiro atoms. The number of halogens is 3. The summed E-state index contributed by atoms with van der Waals surface area (Å²) in [7, 11) is -5.65. The average Bonchev–Trinajstić information content (AvgIpc) is 2.36. The van der Waals surface area contributed by atoms with E-state index in [9.17, 15) is 21.6 Å². The monoisotopic (exact) mass is 322 g/mol. The van der Waals surface area contributed by atoms with Crippen LogP contribution in [0.3, 0.4) is 0 Å². The second-order valence-electron chi connectivity index (χ2n) is 5.00. The van der Waals surface area contributed by atoms with E-state index in [1.54, 1.807) is 51.1 Å². The van der Waals surface area contributed by atoms with Gasteiger partial charge in [-0.1, -0.05) is 44.2 Å². The zero-order valence-corrected chi connectivity index (χ0v) is 12.8. The van der Waals surface area contributed by atoms with Crippen molar-refractivity contribution in [2.75, 3.05) is 0 Å². The van der Waals surface area contributed by atoms with Gasteiger partial charge in [0.15, 0.2) is 0 Å². The van der Waals surface area contributed by atoms with Gasteiger partial charge in [-0.15, -0.1) is 0 Å². The standard InChI is InChI=1S/C14H17F3O3S/c1-10(2)9-13(20-21(18,19)14(15,16)17)11(3)12-7-5-4-6-8-12/h4-8,10H,9H2,1-3H3/b13-11+. The van der Waals surface area contributed by atoms with Crippen molar-refractivity contribution in [1.82, 2.24) is 0 Å². The molecular formula is C14H17F3O3S. The second kappa shape index (κ2) is 6.51. The van der Waals surface area contributed by atoms with E-state index >= 15 is 0 Å². The van der Waals surface area contributed by atoms with Crippen LogP contribution in [0, 0.1) is 5.92 Å². The Morgan fingerprint density at radius 3 is 2.14 bits per heavy atom. The lowest BCUT2D eigenvalue weighted by Crippen LogP contribution is -2.25. The highest BCUT2D eigenvalue weighted by molar-refractivity contribution is 7.87. The molecule has 1 aromatic carbocycles. The number of allylic oxidation sites excluding steroid dienone is 2. The summed E-state index contributed by atoms with van der Waals surface area (Å²) in [6.07, 6.45) is 0.0933. The first-order valence-electron chi connectivity index (χ1n) is 6.30. The first-order chi connectivity index (χ1) is 9.54. The van der Waals surface area contributed by atoms with Crippen molar-refractivity contribution in [2.45, 2.75) is 32.7 Å². The number of benzene rings is 1. The van der Waals surface area contributed by atoms with E-state index in [1.807, 2.05) is 0 Å². The van der Waals surface area contributed by atoms with Crippen LogP contribution in [0.4, 0.5) is 13.2 Å². The molecule has 0 unspecified atom stereocenters. The highest BCUT2D eigenvalue weighted by atomic mass is 32.2. The Hall–Kier alpha value is -1.50. The van der Waals surface area contributed by atoms with E-state index in [4.69, 9.17) is 0 Å². The van der Waals surface area contributed by atoms with Crippen molar-refractivity contribution in [2.24, 2.45) is 5.92 Å². The Bertz CT molecular complexity index is 602. The third-order valence-electron chi connectivity index (χ3n) is 2.71.